The van der Waals surface area contributed by atoms with Crippen molar-refractivity contribution < 1.29 is 9.59 Å². The Morgan fingerprint density at radius 2 is 1.85 bits per heavy atom. The van der Waals surface area contributed by atoms with E-state index in [-0.39, 0.29) is 23.7 Å². The monoisotopic (exact) mass is 461 g/mol. The highest BCUT2D eigenvalue weighted by Gasteiger charge is 2.41. The molecule has 0 unspecified atom stereocenters. The molecule has 1 amide bonds. The topological polar surface area (TPSA) is 71.1 Å². The summed E-state index contributed by atoms with van der Waals surface area (Å²) in [6.45, 7) is 1.93. The Morgan fingerprint density at radius 1 is 1.09 bits per heavy atom. The summed E-state index contributed by atoms with van der Waals surface area (Å²) in [7, 11) is 0. The van der Waals surface area contributed by atoms with Crippen LogP contribution in [0.5, 0.6) is 0 Å². The van der Waals surface area contributed by atoms with Crippen molar-refractivity contribution in [3.05, 3.63) is 87.5 Å². The van der Waals surface area contributed by atoms with Crippen LogP contribution in [0.25, 0.3) is 0 Å². The van der Waals surface area contributed by atoms with E-state index in [2.05, 4.69) is 15.6 Å². The van der Waals surface area contributed by atoms with E-state index in [1.54, 1.807) is 6.20 Å². The minimum Gasteiger partial charge on any atom is -0.362 e. The predicted octanol–water partition coefficient (Wildman–Crippen LogP) is 5.16. The number of carbonyl (C=O) groups excluding carboxylic acids is 2. The molecule has 1 fully saturated rings. The predicted molar refractivity (Wildman–Crippen MR) is 129 cm³/mol. The number of hydrogen-bond acceptors (Lipinski definition) is 4. The second-order valence-corrected chi connectivity index (χ2v) is 9.71. The fourth-order valence-corrected chi connectivity index (χ4v) is 5.61. The number of nitrogens with one attached hydrogen (secondary N) is 2. The fourth-order valence-electron chi connectivity index (χ4n) is 5.49. The SMILES string of the molecule is CC1=C(C(=O)NC2CCCC2)[C@H](c2ccccn2)C2=C(C[C@H](c3ccc(Cl)cc3)CC2=O)N1. The summed E-state index contributed by atoms with van der Waals surface area (Å²) in [6.07, 6.45) is 7.15. The molecular weight excluding hydrogens is 434 g/mol. The molecular formula is C27H28ClN3O2. The van der Waals surface area contributed by atoms with Crippen molar-refractivity contribution >= 4 is 23.3 Å². The number of Topliss-reactive ketones (excluding diaryl/α,β-unsaturated/α-hetero) is 1. The van der Waals surface area contributed by atoms with Crippen LogP contribution in [0.3, 0.4) is 0 Å². The van der Waals surface area contributed by atoms with E-state index in [1.807, 2.05) is 49.4 Å². The fraction of sp³-hybridized carbons (Fsp3) is 0.370. The van der Waals surface area contributed by atoms with E-state index in [0.717, 1.165) is 48.3 Å². The van der Waals surface area contributed by atoms with E-state index in [0.29, 0.717) is 29.0 Å². The van der Waals surface area contributed by atoms with Gasteiger partial charge in [0, 0.05) is 46.2 Å². The summed E-state index contributed by atoms with van der Waals surface area (Å²) in [5.74, 6) is -0.408. The molecule has 1 saturated carbocycles. The quantitative estimate of drug-likeness (QED) is 0.660. The molecule has 6 heteroatoms. The van der Waals surface area contributed by atoms with Crippen LogP contribution in [0.15, 0.2) is 71.2 Å². The number of aromatic nitrogens is 1. The van der Waals surface area contributed by atoms with E-state index in [9.17, 15) is 9.59 Å². The maximum Gasteiger partial charge on any atom is 0.250 e. The van der Waals surface area contributed by atoms with Crippen molar-refractivity contribution in [1.29, 1.82) is 0 Å². The number of nitrogens with zero attached hydrogens (tertiary/aromatic N) is 1. The van der Waals surface area contributed by atoms with Gasteiger partial charge in [0.2, 0.25) is 5.91 Å². The Labute approximate surface area is 199 Å². The molecule has 2 atom stereocenters. The van der Waals surface area contributed by atoms with Crippen LogP contribution in [-0.4, -0.2) is 22.7 Å². The van der Waals surface area contributed by atoms with E-state index in [4.69, 9.17) is 11.6 Å². The normalized spacial score (nSPS) is 23.4. The Balaban J connectivity index is 1.52. The van der Waals surface area contributed by atoms with Crippen LogP contribution in [0.1, 0.15) is 68.5 Å². The molecule has 3 aliphatic rings. The molecule has 0 radical (unpaired) electrons. The van der Waals surface area contributed by atoms with Gasteiger partial charge in [-0.15, -0.1) is 0 Å². The highest BCUT2D eigenvalue weighted by atomic mass is 35.5. The van der Waals surface area contributed by atoms with E-state index in [1.165, 1.54) is 0 Å². The Bertz CT molecular complexity index is 1130. The summed E-state index contributed by atoms with van der Waals surface area (Å²) in [4.78, 5) is 31.6. The summed E-state index contributed by atoms with van der Waals surface area (Å²) < 4.78 is 0. The zero-order chi connectivity index (χ0) is 22.9. The van der Waals surface area contributed by atoms with Crippen molar-refractivity contribution in [1.82, 2.24) is 15.6 Å². The van der Waals surface area contributed by atoms with Gasteiger partial charge in [-0.2, -0.15) is 0 Å². The molecule has 5 nitrogen and oxygen atoms in total. The van der Waals surface area contributed by atoms with Crippen molar-refractivity contribution in [3.8, 4) is 0 Å². The van der Waals surface area contributed by atoms with Gasteiger partial charge >= 0.3 is 0 Å². The van der Waals surface area contributed by atoms with Gasteiger partial charge in [0.05, 0.1) is 11.6 Å². The zero-order valence-electron chi connectivity index (χ0n) is 18.7. The minimum atomic E-state index is -0.456. The number of amides is 1. The molecule has 0 bridgehead atoms. The number of hydrogen-bond donors (Lipinski definition) is 2. The Hall–Kier alpha value is -2.92. The Kier molecular flexibility index (Phi) is 6.07. The minimum absolute atomic E-state index is 0.0676. The molecule has 2 heterocycles. The molecule has 0 saturated heterocycles. The molecule has 5 rings (SSSR count). The molecule has 1 aromatic carbocycles. The van der Waals surface area contributed by atoms with Crippen LogP contribution in [-0.2, 0) is 9.59 Å². The van der Waals surface area contributed by atoms with Gasteiger partial charge in [-0.05, 0) is 61.9 Å². The maximum atomic E-state index is 13.6. The van der Waals surface area contributed by atoms with Crippen molar-refractivity contribution in [2.24, 2.45) is 0 Å². The number of ketones is 1. The number of benzene rings is 1. The summed E-state index contributed by atoms with van der Waals surface area (Å²) in [6, 6.07) is 13.6. The number of halogens is 1. The first kappa shape index (κ1) is 21.9. The van der Waals surface area contributed by atoms with Gasteiger partial charge in [-0.1, -0.05) is 42.6 Å². The number of pyridine rings is 1. The molecule has 1 aromatic heterocycles. The smallest absolute Gasteiger partial charge is 0.250 e. The lowest BCUT2D eigenvalue weighted by Gasteiger charge is -2.36. The molecule has 0 spiro atoms. The van der Waals surface area contributed by atoms with E-state index >= 15 is 0 Å². The molecule has 2 N–H and O–H groups in total. The van der Waals surface area contributed by atoms with Gasteiger partial charge in [0.25, 0.3) is 0 Å². The van der Waals surface area contributed by atoms with Crippen LogP contribution < -0.4 is 10.6 Å². The standard InChI is InChI=1S/C27H28ClN3O2/c1-16-24(27(33)31-20-6-2-3-7-20)26(21-8-4-5-13-29-21)25-22(30-16)14-18(15-23(25)32)17-9-11-19(28)12-10-17/h4-5,8-13,18,20,26,30H,2-3,6-7,14-15H2,1H3,(H,31,33)/t18-,26-/m0/s1. The van der Waals surface area contributed by atoms with Crippen LogP contribution in [0.2, 0.25) is 5.02 Å². The first-order valence-corrected chi connectivity index (χ1v) is 12.1. The number of rotatable bonds is 4. The maximum absolute atomic E-state index is 13.6. The van der Waals surface area contributed by atoms with Gasteiger partial charge in [-0.3, -0.25) is 14.6 Å². The zero-order valence-corrected chi connectivity index (χ0v) is 19.5. The lowest BCUT2D eigenvalue weighted by Crippen LogP contribution is -2.41. The van der Waals surface area contributed by atoms with Gasteiger partial charge in [0.1, 0.15) is 0 Å². The lowest BCUT2D eigenvalue weighted by atomic mass is 9.72. The summed E-state index contributed by atoms with van der Waals surface area (Å²) in [5, 5.41) is 7.34. The lowest BCUT2D eigenvalue weighted by molar-refractivity contribution is -0.118. The largest absolute Gasteiger partial charge is 0.362 e. The molecule has 2 aromatic rings. The van der Waals surface area contributed by atoms with Crippen molar-refractivity contribution in [3.63, 3.8) is 0 Å². The summed E-state index contributed by atoms with van der Waals surface area (Å²) in [5.41, 5.74) is 4.82. The number of allylic oxidation sites excluding steroid dienone is 3. The van der Waals surface area contributed by atoms with Gasteiger partial charge < -0.3 is 10.6 Å². The average Bonchev–Trinajstić information content (AvgIpc) is 3.32. The van der Waals surface area contributed by atoms with Gasteiger partial charge in [-0.25, -0.2) is 0 Å². The summed E-state index contributed by atoms with van der Waals surface area (Å²) >= 11 is 6.06. The third kappa shape index (κ3) is 4.34. The number of dihydropyridines is 1. The second-order valence-electron chi connectivity index (χ2n) is 9.28. The second kappa shape index (κ2) is 9.14. The van der Waals surface area contributed by atoms with Crippen LogP contribution in [0, 0.1) is 0 Å². The highest BCUT2D eigenvalue weighted by Crippen LogP contribution is 2.45. The first-order valence-electron chi connectivity index (χ1n) is 11.7. The third-order valence-electron chi connectivity index (χ3n) is 7.09. The van der Waals surface area contributed by atoms with Gasteiger partial charge in [0.15, 0.2) is 5.78 Å². The first-order chi connectivity index (χ1) is 16.0. The van der Waals surface area contributed by atoms with Crippen molar-refractivity contribution in [2.45, 2.75) is 63.3 Å². The molecule has 170 valence electrons. The number of carbonyl (C=O) groups is 2. The van der Waals surface area contributed by atoms with Crippen LogP contribution in [0.4, 0.5) is 0 Å². The molecule has 2 aliphatic carbocycles. The highest BCUT2D eigenvalue weighted by molar-refractivity contribution is 6.30. The molecule has 1 aliphatic heterocycles. The Morgan fingerprint density at radius 3 is 2.55 bits per heavy atom. The third-order valence-corrected chi connectivity index (χ3v) is 7.34. The average molecular weight is 462 g/mol. The van der Waals surface area contributed by atoms with E-state index < -0.39 is 5.92 Å². The molecule has 33 heavy (non-hydrogen) atoms. The van der Waals surface area contributed by atoms with Crippen molar-refractivity contribution in [2.75, 3.05) is 0 Å². The van der Waals surface area contributed by atoms with Crippen LogP contribution >= 0.6 is 11.6 Å².